The van der Waals surface area contributed by atoms with E-state index in [9.17, 15) is 12.8 Å². The molecule has 2 aromatic carbocycles. The van der Waals surface area contributed by atoms with E-state index in [1.54, 1.807) is 41.7 Å². The summed E-state index contributed by atoms with van der Waals surface area (Å²) in [6, 6.07) is 15.0. The maximum atomic E-state index is 13.3. The zero-order chi connectivity index (χ0) is 20.7. The third-order valence-electron chi connectivity index (χ3n) is 5.09. The average molecular weight is 419 g/mol. The fourth-order valence-corrected chi connectivity index (χ4v) is 4.88. The van der Waals surface area contributed by atoms with Crippen LogP contribution in [0.25, 0.3) is 0 Å². The molecule has 2 aromatic rings. The number of sulfonamides is 1. The van der Waals surface area contributed by atoms with Crippen molar-refractivity contribution in [1.29, 1.82) is 0 Å². The van der Waals surface area contributed by atoms with Crippen LogP contribution in [-0.4, -0.2) is 45.4 Å². The van der Waals surface area contributed by atoms with Crippen LogP contribution < -0.4 is 10.6 Å². The highest BCUT2D eigenvalue weighted by Crippen LogP contribution is 2.23. The van der Waals surface area contributed by atoms with Gasteiger partial charge in [-0.15, -0.1) is 0 Å². The lowest BCUT2D eigenvalue weighted by Crippen LogP contribution is -2.44. The molecule has 0 aliphatic carbocycles. The number of aliphatic imine (C=N–C) groups is 1. The molecule has 0 amide bonds. The third-order valence-corrected chi connectivity index (χ3v) is 7.00. The number of piperidine rings is 1. The molecule has 1 heterocycles. The molecule has 0 unspecified atom stereocenters. The molecule has 8 heteroatoms. The minimum absolute atomic E-state index is 0.260. The maximum Gasteiger partial charge on any atom is 0.243 e. The van der Waals surface area contributed by atoms with E-state index in [-0.39, 0.29) is 5.82 Å². The van der Waals surface area contributed by atoms with Gasteiger partial charge in [-0.05, 0) is 48.6 Å². The highest BCUT2D eigenvalue weighted by atomic mass is 32.2. The van der Waals surface area contributed by atoms with Crippen LogP contribution in [0.4, 0.5) is 4.39 Å². The molecule has 2 N–H and O–H groups in total. The Kier molecular flexibility index (Phi) is 7.22. The Morgan fingerprint density at radius 1 is 1.10 bits per heavy atom. The van der Waals surface area contributed by atoms with Gasteiger partial charge in [0.2, 0.25) is 10.0 Å². The normalized spacial score (nSPS) is 16.6. The van der Waals surface area contributed by atoms with Gasteiger partial charge in [-0.3, -0.25) is 4.99 Å². The van der Waals surface area contributed by atoms with E-state index in [0.29, 0.717) is 43.0 Å². The van der Waals surface area contributed by atoms with E-state index in [1.807, 2.05) is 12.1 Å². The molecule has 1 saturated heterocycles. The summed E-state index contributed by atoms with van der Waals surface area (Å²) in [4.78, 5) is 4.54. The summed E-state index contributed by atoms with van der Waals surface area (Å²) in [6.07, 6.45) is 1.58. The van der Waals surface area contributed by atoms with E-state index >= 15 is 0 Å². The van der Waals surface area contributed by atoms with Gasteiger partial charge in [-0.25, -0.2) is 12.8 Å². The molecule has 0 aromatic heterocycles. The van der Waals surface area contributed by atoms with Gasteiger partial charge in [-0.1, -0.05) is 30.3 Å². The summed E-state index contributed by atoms with van der Waals surface area (Å²) < 4.78 is 40.2. The molecule has 1 fully saturated rings. The van der Waals surface area contributed by atoms with Crippen LogP contribution in [0.2, 0.25) is 0 Å². The molecular weight excluding hydrogens is 391 g/mol. The molecule has 0 saturated carbocycles. The van der Waals surface area contributed by atoms with Crippen LogP contribution in [0.5, 0.6) is 0 Å². The van der Waals surface area contributed by atoms with Gasteiger partial charge in [0.25, 0.3) is 0 Å². The van der Waals surface area contributed by atoms with E-state index < -0.39 is 10.0 Å². The second-order valence-electron chi connectivity index (χ2n) is 7.10. The smallest absolute Gasteiger partial charge is 0.243 e. The second-order valence-corrected chi connectivity index (χ2v) is 9.04. The van der Waals surface area contributed by atoms with Gasteiger partial charge in [0.15, 0.2) is 5.96 Å². The fourth-order valence-electron chi connectivity index (χ4n) is 3.39. The van der Waals surface area contributed by atoms with E-state index in [2.05, 4.69) is 15.6 Å². The van der Waals surface area contributed by atoms with Crippen LogP contribution in [-0.2, 0) is 16.6 Å². The molecule has 3 rings (SSSR count). The number of hydrogen-bond donors (Lipinski definition) is 2. The molecule has 29 heavy (non-hydrogen) atoms. The Bertz CT molecular complexity index is 927. The lowest BCUT2D eigenvalue weighted by Gasteiger charge is -2.31. The fraction of sp³-hybridized carbons (Fsp3) is 0.381. The first-order chi connectivity index (χ1) is 14.0. The van der Waals surface area contributed by atoms with E-state index in [1.165, 1.54) is 12.1 Å². The van der Waals surface area contributed by atoms with E-state index in [4.69, 9.17) is 0 Å². The van der Waals surface area contributed by atoms with Gasteiger partial charge in [-0.2, -0.15) is 4.31 Å². The average Bonchev–Trinajstić information content (AvgIpc) is 2.75. The molecule has 156 valence electrons. The Morgan fingerprint density at radius 3 is 2.48 bits per heavy atom. The summed E-state index contributed by atoms with van der Waals surface area (Å²) in [6.45, 7) is 2.21. The van der Waals surface area contributed by atoms with Gasteiger partial charge < -0.3 is 10.6 Å². The minimum Gasteiger partial charge on any atom is -0.356 e. The van der Waals surface area contributed by atoms with Crippen molar-refractivity contribution >= 4 is 16.0 Å². The van der Waals surface area contributed by atoms with Crippen molar-refractivity contribution in [2.45, 2.75) is 24.3 Å². The van der Waals surface area contributed by atoms with Gasteiger partial charge in [0, 0.05) is 33.2 Å². The van der Waals surface area contributed by atoms with Crippen molar-refractivity contribution < 1.29 is 12.8 Å². The van der Waals surface area contributed by atoms with Crippen molar-refractivity contribution in [1.82, 2.24) is 14.9 Å². The monoisotopic (exact) mass is 418 g/mol. The summed E-state index contributed by atoms with van der Waals surface area (Å²) in [7, 11) is -1.73. The van der Waals surface area contributed by atoms with Crippen LogP contribution in [0.1, 0.15) is 18.4 Å². The van der Waals surface area contributed by atoms with Crippen LogP contribution in [0.3, 0.4) is 0 Å². The molecule has 6 nitrogen and oxygen atoms in total. The number of guanidine groups is 1. The van der Waals surface area contributed by atoms with Crippen molar-refractivity contribution in [3.05, 3.63) is 66.0 Å². The third kappa shape index (κ3) is 5.77. The molecule has 0 atom stereocenters. The molecule has 0 radical (unpaired) electrons. The maximum absolute atomic E-state index is 13.3. The topological polar surface area (TPSA) is 73.8 Å². The summed E-state index contributed by atoms with van der Waals surface area (Å²) in [5.41, 5.74) is 0.840. The van der Waals surface area contributed by atoms with Crippen LogP contribution in [0.15, 0.2) is 64.5 Å². The molecule has 0 spiro atoms. The zero-order valence-corrected chi connectivity index (χ0v) is 17.3. The van der Waals surface area contributed by atoms with Crippen molar-refractivity contribution in [3.63, 3.8) is 0 Å². The molecule has 1 aliphatic rings. The minimum atomic E-state index is -3.42. The first-order valence-electron chi connectivity index (χ1n) is 9.73. The zero-order valence-electron chi connectivity index (χ0n) is 16.5. The first kappa shape index (κ1) is 21.3. The lowest BCUT2D eigenvalue weighted by molar-refractivity contribution is 0.273. The Hall–Kier alpha value is -2.45. The number of halogens is 1. The number of nitrogens with one attached hydrogen (secondary N) is 2. The predicted molar refractivity (Wildman–Crippen MR) is 113 cm³/mol. The summed E-state index contributed by atoms with van der Waals surface area (Å²) >= 11 is 0. The number of benzene rings is 2. The number of hydrogen-bond acceptors (Lipinski definition) is 3. The first-order valence-corrected chi connectivity index (χ1v) is 11.2. The second kappa shape index (κ2) is 9.84. The Labute approximate surface area is 171 Å². The quantitative estimate of drug-likeness (QED) is 0.559. The lowest BCUT2D eigenvalue weighted by atomic mass is 9.98. The summed E-state index contributed by atoms with van der Waals surface area (Å²) in [5, 5.41) is 6.46. The largest absolute Gasteiger partial charge is 0.356 e. The van der Waals surface area contributed by atoms with Gasteiger partial charge in [0.05, 0.1) is 4.90 Å². The van der Waals surface area contributed by atoms with Crippen LogP contribution >= 0.6 is 0 Å². The Morgan fingerprint density at radius 2 is 1.83 bits per heavy atom. The Balaban J connectivity index is 1.45. The highest BCUT2D eigenvalue weighted by molar-refractivity contribution is 7.89. The summed E-state index contributed by atoms with van der Waals surface area (Å²) in [5.74, 6) is 0.753. The van der Waals surface area contributed by atoms with E-state index in [0.717, 1.165) is 18.4 Å². The van der Waals surface area contributed by atoms with Crippen molar-refractivity contribution in [3.8, 4) is 0 Å². The van der Waals surface area contributed by atoms with Crippen molar-refractivity contribution in [2.24, 2.45) is 10.9 Å². The van der Waals surface area contributed by atoms with Crippen molar-refractivity contribution in [2.75, 3.05) is 26.7 Å². The van der Waals surface area contributed by atoms with Gasteiger partial charge in [0.1, 0.15) is 5.82 Å². The number of nitrogens with zero attached hydrogens (tertiary/aromatic N) is 2. The molecule has 0 bridgehead atoms. The predicted octanol–water partition coefficient (Wildman–Crippen LogP) is 2.59. The SMILES string of the molecule is CN=C(NCc1cccc(F)c1)NCC1CCN(S(=O)(=O)c2ccccc2)CC1. The standard InChI is InChI=1S/C21H27FN4O2S/c1-23-21(25-16-18-6-5-7-19(22)14-18)24-15-17-10-12-26(13-11-17)29(27,28)20-8-3-2-4-9-20/h2-9,14,17H,10-13,15-16H2,1H3,(H2,23,24,25). The molecule has 1 aliphatic heterocycles. The molecular formula is C21H27FN4O2S. The van der Waals surface area contributed by atoms with Gasteiger partial charge >= 0.3 is 0 Å². The van der Waals surface area contributed by atoms with Crippen LogP contribution in [0, 0.1) is 11.7 Å². The highest BCUT2D eigenvalue weighted by Gasteiger charge is 2.29. The number of rotatable bonds is 6.